The molecule has 4 nitrogen and oxygen atoms in total. The van der Waals surface area contributed by atoms with E-state index in [2.05, 4.69) is 113 Å². The Hall–Kier alpha value is -3.44. The number of nitrogens with zero attached hydrogens (tertiary/aromatic N) is 3. The minimum Gasteiger partial charge on any atom is -0.351 e. The van der Waals surface area contributed by atoms with E-state index in [4.69, 9.17) is 12.2 Å². The predicted octanol–water partition coefficient (Wildman–Crippen LogP) is 6.48. The maximum absolute atomic E-state index is 5.90. The number of pyridine rings is 1. The maximum Gasteiger partial charge on any atom is 0.174 e. The number of benzene rings is 2. The quantitative estimate of drug-likeness (QED) is 0.351. The van der Waals surface area contributed by atoms with E-state index in [9.17, 15) is 0 Å². The van der Waals surface area contributed by atoms with E-state index in [0.717, 1.165) is 11.4 Å². The van der Waals surface area contributed by atoms with E-state index < -0.39 is 0 Å². The Morgan fingerprint density at radius 1 is 0.909 bits per heavy atom. The second-order valence-corrected chi connectivity index (χ2v) is 9.22. The molecular weight excluding hydrogens is 424 g/mol. The molecule has 0 bridgehead atoms. The molecular formula is C28H28N4S. The van der Waals surface area contributed by atoms with Crippen LogP contribution in [0.5, 0.6) is 0 Å². The van der Waals surface area contributed by atoms with E-state index in [1.165, 1.54) is 22.5 Å². The van der Waals surface area contributed by atoms with Crippen molar-refractivity contribution in [2.24, 2.45) is 0 Å². The fourth-order valence-electron chi connectivity index (χ4n) is 4.64. The number of nitrogens with one attached hydrogen (secondary N) is 1. The molecule has 0 unspecified atom stereocenters. The van der Waals surface area contributed by atoms with Crippen molar-refractivity contribution in [1.29, 1.82) is 0 Å². The van der Waals surface area contributed by atoms with Crippen molar-refractivity contribution < 1.29 is 0 Å². The zero-order valence-corrected chi connectivity index (χ0v) is 20.0. The van der Waals surface area contributed by atoms with Gasteiger partial charge in [0, 0.05) is 29.5 Å². The van der Waals surface area contributed by atoms with Crippen LogP contribution in [-0.2, 0) is 0 Å². The molecule has 0 aliphatic carbocycles. The van der Waals surface area contributed by atoms with Crippen LogP contribution in [0.4, 0.5) is 5.69 Å². The van der Waals surface area contributed by atoms with Crippen molar-refractivity contribution in [3.63, 3.8) is 0 Å². The van der Waals surface area contributed by atoms with Gasteiger partial charge in [-0.3, -0.25) is 4.98 Å². The summed E-state index contributed by atoms with van der Waals surface area (Å²) in [6, 6.07) is 27.5. The zero-order valence-electron chi connectivity index (χ0n) is 19.1. The van der Waals surface area contributed by atoms with Crippen molar-refractivity contribution in [2.75, 3.05) is 4.90 Å². The summed E-state index contributed by atoms with van der Waals surface area (Å²) in [5, 5.41) is 4.28. The Kier molecular flexibility index (Phi) is 5.73. The maximum atomic E-state index is 5.90. The van der Waals surface area contributed by atoms with Gasteiger partial charge in [0.05, 0.1) is 11.7 Å². The molecule has 5 rings (SSSR count). The third kappa shape index (κ3) is 3.93. The predicted molar refractivity (Wildman–Crippen MR) is 139 cm³/mol. The molecule has 166 valence electrons. The van der Waals surface area contributed by atoms with Gasteiger partial charge in [-0.1, -0.05) is 50.2 Å². The van der Waals surface area contributed by atoms with Gasteiger partial charge in [0.25, 0.3) is 0 Å². The number of thiocarbonyl (C=S) groups is 1. The van der Waals surface area contributed by atoms with Crippen molar-refractivity contribution in [3.05, 3.63) is 114 Å². The number of anilines is 1. The molecule has 3 heterocycles. The second kappa shape index (κ2) is 8.83. The summed E-state index contributed by atoms with van der Waals surface area (Å²) in [6.45, 7) is 6.58. The normalized spacial score (nSPS) is 18.1. The first kappa shape index (κ1) is 21.4. The highest BCUT2D eigenvalue weighted by Crippen LogP contribution is 2.42. The SMILES string of the molecule is Cc1ccccc1-n1cccc1[C@H]1[C@H](c2ccccn2)NC(=S)N1c1ccc(C(C)C)cc1. The van der Waals surface area contributed by atoms with Crippen molar-refractivity contribution in [2.45, 2.75) is 38.8 Å². The number of aromatic nitrogens is 2. The Labute approximate surface area is 200 Å². The first-order valence-corrected chi connectivity index (χ1v) is 11.8. The lowest BCUT2D eigenvalue weighted by atomic mass is 9.99. The minimum absolute atomic E-state index is 0.0492. The number of hydrogen-bond donors (Lipinski definition) is 1. The lowest BCUT2D eigenvalue weighted by Gasteiger charge is -2.29. The topological polar surface area (TPSA) is 33.1 Å². The Morgan fingerprint density at radius 2 is 1.67 bits per heavy atom. The van der Waals surface area contributed by atoms with Gasteiger partial charge < -0.3 is 14.8 Å². The lowest BCUT2D eigenvalue weighted by molar-refractivity contribution is 0.549. The molecule has 1 fully saturated rings. The Balaban J connectivity index is 1.65. The van der Waals surface area contributed by atoms with E-state index in [-0.39, 0.29) is 12.1 Å². The van der Waals surface area contributed by atoms with Crippen molar-refractivity contribution in [3.8, 4) is 5.69 Å². The van der Waals surface area contributed by atoms with Gasteiger partial charge >= 0.3 is 0 Å². The molecule has 0 saturated carbocycles. The highest BCUT2D eigenvalue weighted by molar-refractivity contribution is 7.80. The second-order valence-electron chi connectivity index (χ2n) is 8.83. The summed E-state index contributed by atoms with van der Waals surface area (Å²) in [5.41, 5.74) is 6.94. The van der Waals surface area contributed by atoms with E-state index in [0.29, 0.717) is 11.0 Å². The molecule has 33 heavy (non-hydrogen) atoms. The van der Waals surface area contributed by atoms with Crippen LogP contribution in [0.2, 0.25) is 0 Å². The van der Waals surface area contributed by atoms with Crippen LogP contribution < -0.4 is 10.2 Å². The highest BCUT2D eigenvalue weighted by atomic mass is 32.1. The first-order chi connectivity index (χ1) is 16.0. The molecule has 2 aromatic heterocycles. The Bertz CT molecular complexity index is 1260. The van der Waals surface area contributed by atoms with Crippen molar-refractivity contribution >= 4 is 23.0 Å². The monoisotopic (exact) mass is 452 g/mol. The zero-order chi connectivity index (χ0) is 22.9. The summed E-state index contributed by atoms with van der Waals surface area (Å²) in [4.78, 5) is 6.92. The van der Waals surface area contributed by atoms with Gasteiger partial charge in [0.2, 0.25) is 0 Å². The largest absolute Gasteiger partial charge is 0.351 e. The fraction of sp³-hybridized carbons (Fsp3) is 0.214. The summed E-state index contributed by atoms with van der Waals surface area (Å²) < 4.78 is 2.28. The van der Waals surface area contributed by atoms with Crippen LogP contribution in [0.3, 0.4) is 0 Å². The standard InChI is InChI=1S/C28H28N4S/c1-19(2)21-13-15-22(16-14-21)32-27(26(30-28(32)33)23-10-6-7-17-29-23)25-12-8-18-31(25)24-11-5-4-9-20(24)3/h4-19,26-27H,1-3H3,(H,30,33)/t26-,27-/m0/s1. The van der Waals surface area contributed by atoms with Crippen molar-refractivity contribution in [1.82, 2.24) is 14.9 Å². The van der Waals surface area contributed by atoms with Gasteiger partial charge in [0.15, 0.2) is 5.11 Å². The van der Waals surface area contributed by atoms with E-state index in [1.54, 1.807) is 0 Å². The molecule has 5 heteroatoms. The number of hydrogen-bond acceptors (Lipinski definition) is 2. The number of para-hydroxylation sites is 1. The molecule has 1 N–H and O–H groups in total. The van der Waals surface area contributed by atoms with Gasteiger partial charge in [-0.05, 0) is 78.7 Å². The summed E-state index contributed by atoms with van der Waals surface area (Å²) in [5.74, 6) is 0.484. The van der Waals surface area contributed by atoms with Crippen LogP contribution >= 0.6 is 12.2 Å². The summed E-state index contributed by atoms with van der Waals surface area (Å²) in [6.07, 6.45) is 3.98. The van der Waals surface area contributed by atoms with Gasteiger partial charge in [-0.2, -0.15) is 0 Å². The molecule has 0 amide bonds. The molecule has 0 spiro atoms. The molecule has 2 atom stereocenters. The highest BCUT2D eigenvalue weighted by Gasteiger charge is 2.42. The first-order valence-electron chi connectivity index (χ1n) is 11.4. The van der Waals surface area contributed by atoms with Crippen LogP contribution in [0.25, 0.3) is 5.69 Å². The fourth-order valence-corrected chi connectivity index (χ4v) is 4.99. The lowest BCUT2D eigenvalue weighted by Crippen LogP contribution is -2.30. The third-order valence-corrected chi connectivity index (χ3v) is 6.71. The number of aryl methyl sites for hydroxylation is 1. The summed E-state index contributed by atoms with van der Waals surface area (Å²) >= 11 is 5.90. The third-order valence-electron chi connectivity index (χ3n) is 6.39. The molecule has 4 aromatic rings. The minimum atomic E-state index is -0.0684. The van der Waals surface area contributed by atoms with Crippen LogP contribution in [0.1, 0.15) is 54.4 Å². The smallest absolute Gasteiger partial charge is 0.174 e. The van der Waals surface area contributed by atoms with Crippen LogP contribution in [-0.4, -0.2) is 14.7 Å². The van der Waals surface area contributed by atoms with Gasteiger partial charge in [-0.25, -0.2) is 0 Å². The molecule has 1 saturated heterocycles. The molecule has 1 aliphatic heterocycles. The van der Waals surface area contributed by atoms with Crippen LogP contribution in [0.15, 0.2) is 91.3 Å². The van der Waals surface area contributed by atoms with Gasteiger partial charge in [0.1, 0.15) is 6.04 Å². The molecule has 1 aliphatic rings. The van der Waals surface area contributed by atoms with E-state index >= 15 is 0 Å². The molecule has 0 radical (unpaired) electrons. The molecule has 2 aromatic carbocycles. The average Bonchev–Trinajstić information content (AvgIpc) is 3.44. The average molecular weight is 453 g/mol. The van der Waals surface area contributed by atoms with Gasteiger partial charge in [-0.15, -0.1) is 0 Å². The van der Waals surface area contributed by atoms with Crippen LogP contribution in [0, 0.1) is 6.92 Å². The number of rotatable bonds is 5. The van der Waals surface area contributed by atoms with E-state index in [1.807, 2.05) is 18.3 Å². The Morgan fingerprint density at radius 3 is 2.36 bits per heavy atom. The summed E-state index contributed by atoms with van der Waals surface area (Å²) in [7, 11) is 0.